The van der Waals surface area contributed by atoms with Crippen LogP contribution in [0.25, 0.3) is 0 Å². The van der Waals surface area contributed by atoms with E-state index in [1.807, 2.05) is 18.2 Å². The fourth-order valence-corrected chi connectivity index (χ4v) is 4.57. The highest BCUT2D eigenvalue weighted by Gasteiger charge is 2.17. The third kappa shape index (κ3) is 6.99. The highest BCUT2D eigenvalue weighted by molar-refractivity contribution is 7.93. The molecule has 166 valence electrons. The van der Waals surface area contributed by atoms with E-state index < -0.39 is 27.6 Å². The van der Waals surface area contributed by atoms with E-state index in [2.05, 4.69) is 14.9 Å². The molecule has 0 aliphatic carbocycles. The van der Waals surface area contributed by atoms with Gasteiger partial charge in [0.15, 0.2) is 0 Å². The number of benzene rings is 2. The maximum absolute atomic E-state index is 12.3. The Morgan fingerprint density at radius 1 is 1.00 bits per heavy atom. The first-order valence-electron chi connectivity index (χ1n) is 10.3. The first kappa shape index (κ1) is 22.6. The zero-order chi connectivity index (χ0) is 22.3. The predicted octanol–water partition coefficient (Wildman–Crippen LogP) is 1.88. The van der Waals surface area contributed by atoms with Gasteiger partial charge in [-0.2, -0.15) is 0 Å². The number of nitrogens with two attached hydrogens (primary N) is 1. The molecule has 1 aliphatic rings. The Morgan fingerprint density at radius 3 is 2.39 bits per heavy atom. The lowest BCUT2D eigenvalue weighted by molar-refractivity contribution is -0.118. The minimum atomic E-state index is -3.82. The number of carbonyl (C=O) groups excluding carboxylic acids is 2. The van der Waals surface area contributed by atoms with Crippen LogP contribution in [-0.2, 0) is 21.2 Å². The molecule has 0 unspecified atom stereocenters. The lowest BCUT2D eigenvalue weighted by atomic mass is 10.1. The molecule has 1 saturated heterocycles. The average Bonchev–Trinajstić information content (AvgIpc) is 2.74. The number of primary amides is 1. The molecule has 4 N–H and O–H groups in total. The van der Waals surface area contributed by atoms with Crippen LogP contribution in [0.1, 0.15) is 35.2 Å². The molecule has 1 fully saturated rings. The van der Waals surface area contributed by atoms with Gasteiger partial charge in [-0.15, -0.1) is 0 Å². The van der Waals surface area contributed by atoms with Crippen molar-refractivity contribution in [3.8, 4) is 0 Å². The van der Waals surface area contributed by atoms with Gasteiger partial charge in [0.2, 0.25) is 21.8 Å². The van der Waals surface area contributed by atoms with Crippen molar-refractivity contribution in [1.82, 2.24) is 5.32 Å². The largest absolute Gasteiger partial charge is 0.372 e. The van der Waals surface area contributed by atoms with E-state index in [0.717, 1.165) is 24.3 Å². The van der Waals surface area contributed by atoms with Gasteiger partial charge < -0.3 is 16.0 Å². The second-order valence-corrected chi connectivity index (χ2v) is 9.34. The number of anilines is 2. The van der Waals surface area contributed by atoms with Crippen molar-refractivity contribution in [2.45, 2.75) is 25.7 Å². The number of rotatable bonds is 9. The second-order valence-electron chi connectivity index (χ2n) is 7.62. The van der Waals surface area contributed by atoms with E-state index in [1.165, 1.54) is 19.3 Å². The molecule has 0 bridgehead atoms. The molecular formula is C22H28N4O4S. The summed E-state index contributed by atoms with van der Waals surface area (Å²) in [5, 5.41) is 2.59. The van der Waals surface area contributed by atoms with E-state index in [1.54, 1.807) is 30.3 Å². The molecule has 0 saturated carbocycles. The molecule has 0 radical (unpaired) electrons. The number of hydrogen-bond acceptors (Lipinski definition) is 5. The second kappa shape index (κ2) is 10.3. The number of hydrogen-bond donors (Lipinski definition) is 3. The minimum Gasteiger partial charge on any atom is -0.372 e. The SMILES string of the molecule is NC(=O)c1cccc(CCNC(=O)CS(=O)(=O)Nc2ccc(N3CCCCC3)cc2)c1. The van der Waals surface area contributed by atoms with Crippen LogP contribution in [0.3, 0.4) is 0 Å². The lowest BCUT2D eigenvalue weighted by Crippen LogP contribution is -2.34. The molecule has 2 amide bonds. The Hall–Kier alpha value is -3.07. The van der Waals surface area contributed by atoms with E-state index in [4.69, 9.17) is 5.73 Å². The summed E-state index contributed by atoms with van der Waals surface area (Å²) in [5.74, 6) is -1.78. The highest BCUT2D eigenvalue weighted by Crippen LogP contribution is 2.22. The maximum Gasteiger partial charge on any atom is 0.248 e. The van der Waals surface area contributed by atoms with Gasteiger partial charge in [0, 0.05) is 36.6 Å². The van der Waals surface area contributed by atoms with Crippen LogP contribution in [0.15, 0.2) is 48.5 Å². The minimum absolute atomic E-state index is 0.251. The van der Waals surface area contributed by atoms with E-state index in [9.17, 15) is 18.0 Å². The Morgan fingerprint density at radius 2 is 1.71 bits per heavy atom. The average molecular weight is 445 g/mol. The summed E-state index contributed by atoms with van der Waals surface area (Å²) in [6, 6.07) is 14.0. The van der Waals surface area contributed by atoms with Crippen molar-refractivity contribution in [2.24, 2.45) is 5.73 Å². The zero-order valence-electron chi connectivity index (χ0n) is 17.3. The topological polar surface area (TPSA) is 122 Å². The summed E-state index contributed by atoms with van der Waals surface area (Å²) in [4.78, 5) is 25.6. The zero-order valence-corrected chi connectivity index (χ0v) is 18.2. The molecule has 2 aromatic carbocycles. The third-order valence-electron chi connectivity index (χ3n) is 5.13. The number of nitrogens with zero attached hydrogens (tertiary/aromatic N) is 1. The van der Waals surface area contributed by atoms with Crippen LogP contribution in [0.2, 0.25) is 0 Å². The molecule has 31 heavy (non-hydrogen) atoms. The van der Waals surface area contributed by atoms with Crippen molar-refractivity contribution in [3.05, 3.63) is 59.7 Å². The number of amides is 2. The van der Waals surface area contributed by atoms with Gasteiger partial charge >= 0.3 is 0 Å². The van der Waals surface area contributed by atoms with Crippen LogP contribution < -0.4 is 20.7 Å². The van der Waals surface area contributed by atoms with Gasteiger partial charge in [-0.1, -0.05) is 12.1 Å². The fraction of sp³-hybridized carbons (Fsp3) is 0.364. The van der Waals surface area contributed by atoms with Gasteiger partial charge in [0.1, 0.15) is 5.75 Å². The molecule has 2 aromatic rings. The van der Waals surface area contributed by atoms with Crippen molar-refractivity contribution in [1.29, 1.82) is 0 Å². The van der Waals surface area contributed by atoms with Crippen LogP contribution in [-0.4, -0.2) is 45.6 Å². The van der Waals surface area contributed by atoms with E-state index in [-0.39, 0.29) is 6.54 Å². The Balaban J connectivity index is 1.47. The molecule has 8 nitrogen and oxygen atoms in total. The molecular weight excluding hydrogens is 416 g/mol. The molecule has 0 atom stereocenters. The molecule has 0 aromatic heterocycles. The Kier molecular flexibility index (Phi) is 7.51. The Labute approximate surface area is 182 Å². The van der Waals surface area contributed by atoms with Crippen LogP contribution >= 0.6 is 0 Å². The molecule has 0 spiro atoms. The van der Waals surface area contributed by atoms with Gasteiger partial charge in [0.25, 0.3) is 0 Å². The first-order valence-corrected chi connectivity index (χ1v) is 12.0. The smallest absolute Gasteiger partial charge is 0.248 e. The first-order chi connectivity index (χ1) is 14.8. The van der Waals surface area contributed by atoms with Gasteiger partial charge in [0.05, 0.1) is 0 Å². The molecule has 1 aliphatic heterocycles. The van der Waals surface area contributed by atoms with E-state index in [0.29, 0.717) is 17.7 Å². The summed E-state index contributed by atoms with van der Waals surface area (Å²) >= 11 is 0. The van der Waals surface area contributed by atoms with E-state index >= 15 is 0 Å². The summed E-state index contributed by atoms with van der Waals surface area (Å²) in [7, 11) is -3.82. The number of sulfonamides is 1. The monoisotopic (exact) mass is 444 g/mol. The van der Waals surface area contributed by atoms with Crippen LogP contribution in [0, 0.1) is 0 Å². The Bertz CT molecular complexity index is 1020. The number of piperidine rings is 1. The number of carbonyl (C=O) groups is 2. The normalized spacial score (nSPS) is 14.1. The molecule has 1 heterocycles. The standard InChI is InChI=1S/C22H28N4O4S/c23-22(28)18-6-4-5-17(15-18)11-12-24-21(27)16-31(29,30)25-19-7-9-20(10-8-19)26-13-2-1-3-14-26/h4-10,15,25H,1-3,11-14,16H2,(H2,23,28)(H,24,27). The highest BCUT2D eigenvalue weighted by atomic mass is 32.2. The summed E-state index contributed by atoms with van der Waals surface area (Å²) < 4.78 is 27.1. The van der Waals surface area contributed by atoms with Crippen molar-refractivity contribution < 1.29 is 18.0 Å². The quantitative estimate of drug-likeness (QED) is 0.545. The van der Waals surface area contributed by atoms with Crippen molar-refractivity contribution in [3.63, 3.8) is 0 Å². The summed E-state index contributed by atoms with van der Waals surface area (Å²) in [6.07, 6.45) is 4.04. The van der Waals surface area contributed by atoms with Crippen molar-refractivity contribution in [2.75, 3.05) is 35.0 Å². The van der Waals surface area contributed by atoms with Crippen molar-refractivity contribution >= 4 is 33.2 Å². The lowest BCUT2D eigenvalue weighted by Gasteiger charge is -2.28. The fourth-order valence-electron chi connectivity index (χ4n) is 3.56. The van der Waals surface area contributed by atoms with Gasteiger partial charge in [-0.05, 0) is 67.6 Å². The summed E-state index contributed by atoms with van der Waals surface area (Å²) in [6.45, 7) is 2.28. The van der Waals surface area contributed by atoms with Gasteiger partial charge in [-0.3, -0.25) is 14.3 Å². The third-order valence-corrected chi connectivity index (χ3v) is 6.32. The number of nitrogens with one attached hydrogen (secondary N) is 2. The van der Waals surface area contributed by atoms with Crippen LogP contribution in [0.5, 0.6) is 0 Å². The predicted molar refractivity (Wildman–Crippen MR) is 122 cm³/mol. The molecule has 3 rings (SSSR count). The van der Waals surface area contributed by atoms with Crippen LogP contribution in [0.4, 0.5) is 11.4 Å². The summed E-state index contributed by atoms with van der Waals surface area (Å²) in [5.41, 5.74) is 7.97. The molecule has 9 heteroatoms. The van der Waals surface area contributed by atoms with Gasteiger partial charge in [-0.25, -0.2) is 8.42 Å². The maximum atomic E-state index is 12.3.